The number of unbranched alkanes of at least 4 members (excludes halogenated alkanes) is 15. The van der Waals surface area contributed by atoms with Crippen molar-refractivity contribution in [3.63, 3.8) is 0 Å². The highest BCUT2D eigenvalue weighted by molar-refractivity contribution is 5.74. The van der Waals surface area contributed by atoms with E-state index in [9.17, 15) is 34.5 Å². The van der Waals surface area contributed by atoms with Crippen molar-refractivity contribution in [1.82, 2.24) is 0 Å². The van der Waals surface area contributed by atoms with Crippen LogP contribution in [0.2, 0.25) is 0 Å². The second-order valence-corrected chi connectivity index (χ2v) is 17.8. The summed E-state index contributed by atoms with van der Waals surface area (Å²) in [6.07, 6.45) is 44.5. The zero-order valence-corrected chi connectivity index (χ0v) is 42.8. The van der Waals surface area contributed by atoms with E-state index in [0.717, 1.165) is 109 Å². The summed E-state index contributed by atoms with van der Waals surface area (Å²) >= 11 is 0. The average Bonchev–Trinajstić information content (AvgIpc) is 3.33. The number of allylic oxidation sites excluding steroid dienone is 14. The van der Waals surface area contributed by atoms with Gasteiger partial charge < -0.3 is 39.0 Å². The summed E-state index contributed by atoms with van der Waals surface area (Å²) in [4.78, 5) is 50.8. The fourth-order valence-electron chi connectivity index (χ4n) is 7.38. The van der Waals surface area contributed by atoms with E-state index in [4.69, 9.17) is 23.7 Å². The molecule has 0 aliphatic carbocycles. The quantitative estimate of drug-likeness (QED) is 0.0229. The normalized spacial score (nSPS) is 19.3. The molecule has 12 nitrogen and oxygen atoms in total. The predicted octanol–water partition coefficient (Wildman–Crippen LogP) is 12.8. The molecule has 1 saturated heterocycles. The number of carboxylic acids is 1. The maximum atomic E-state index is 13.1. The van der Waals surface area contributed by atoms with Crippen molar-refractivity contribution >= 4 is 23.9 Å². The molecular formula is C57H92O12. The minimum absolute atomic E-state index is 0.0511. The van der Waals surface area contributed by atoms with Crippen molar-refractivity contribution in [1.29, 1.82) is 0 Å². The molecule has 392 valence electrons. The van der Waals surface area contributed by atoms with Crippen LogP contribution in [0.5, 0.6) is 0 Å². The van der Waals surface area contributed by atoms with Gasteiger partial charge in [0.1, 0.15) is 18.8 Å². The van der Waals surface area contributed by atoms with Gasteiger partial charge in [0.05, 0.1) is 6.61 Å². The van der Waals surface area contributed by atoms with Crippen LogP contribution in [-0.2, 0) is 42.9 Å². The highest BCUT2D eigenvalue weighted by Gasteiger charge is 2.50. The number of aliphatic carboxylic acids is 1. The molecule has 12 heteroatoms. The van der Waals surface area contributed by atoms with Gasteiger partial charge in [-0.25, -0.2) is 4.79 Å². The van der Waals surface area contributed by atoms with E-state index >= 15 is 0 Å². The Kier molecular flexibility index (Phi) is 41.1. The van der Waals surface area contributed by atoms with Crippen LogP contribution in [0.3, 0.4) is 0 Å². The number of carbonyl (C=O) groups is 4. The Balaban J connectivity index is 2.77. The van der Waals surface area contributed by atoms with Gasteiger partial charge in [0.25, 0.3) is 0 Å². The van der Waals surface area contributed by atoms with Gasteiger partial charge in [-0.05, 0) is 83.5 Å². The van der Waals surface area contributed by atoms with Crippen LogP contribution >= 0.6 is 0 Å². The molecule has 0 saturated carbocycles. The maximum absolute atomic E-state index is 13.1. The van der Waals surface area contributed by atoms with Crippen LogP contribution in [0.4, 0.5) is 0 Å². The molecule has 1 fully saturated rings. The van der Waals surface area contributed by atoms with Crippen LogP contribution in [0.25, 0.3) is 0 Å². The van der Waals surface area contributed by atoms with E-state index in [1.54, 1.807) is 0 Å². The number of carboxylic acid groups (broad SMARTS) is 1. The smallest absolute Gasteiger partial charge is 0.335 e. The molecule has 0 bridgehead atoms. The van der Waals surface area contributed by atoms with E-state index in [1.165, 1.54) is 25.7 Å². The molecule has 3 N–H and O–H groups in total. The Labute approximate surface area is 416 Å². The van der Waals surface area contributed by atoms with Gasteiger partial charge in [-0.2, -0.15) is 0 Å². The highest BCUT2D eigenvalue weighted by Crippen LogP contribution is 2.26. The molecule has 1 rings (SSSR count). The Morgan fingerprint density at radius 1 is 0.493 bits per heavy atom. The molecule has 1 heterocycles. The first-order chi connectivity index (χ1) is 33.6. The number of rotatable bonds is 43. The molecule has 6 unspecified atom stereocenters. The predicted molar refractivity (Wildman–Crippen MR) is 275 cm³/mol. The Bertz CT molecular complexity index is 1530. The van der Waals surface area contributed by atoms with Crippen LogP contribution in [0.15, 0.2) is 85.1 Å². The molecule has 1 aliphatic heterocycles. The van der Waals surface area contributed by atoms with Gasteiger partial charge in [-0.3, -0.25) is 14.4 Å². The topological polar surface area (TPSA) is 175 Å². The third kappa shape index (κ3) is 35.6. The Hall–Kier alpha value is -4.10. The second kappa shape index (κ2) is 45.1. The minimum atomic E-state index is -1.91. The lowest BCUT2D eigenvalue weighted by Gasteiger charge is -2.40. The van der Waals surface area contributed by atoms with E-state index < -0.39 is 67.3 Å². The molecule has 0 spiro atoms. The summed E-state index contributed by atoms with van der Waals surface area (Å²) < 4.78 is 28.2. The van der Waals surface area contributed by atoms with Gasteiger partial charge in [-0.15, -0.1) is 0 Å². The van der Waals surface area contributed by atoms with Crippen molar-refractivity contribution in [2.24, 2.45) is 0 Å². The molecule has 0 aromatic heterocycles. The van der Waals surface area contributed by atoms with Crippen molar-refractivity contribution < 1.29 is 58.2 Å². The largest absolute Gasteiger partial charge is 0.479 e. The lowest BCUT2D eigenvalue weighted by molar-refractivity contribution is -0.301. The van der Waals surface area contributed by atoms with Gasteiger partial charge in [0, 0.05) is 19.3 Å². The number of aliphatic hydroxyl groups is 2. The monoisotopic (exact) mass is 969 g/mol. The first-order valence-corrected chi connectivity index (χ1v) is 26.6. The third-order valence-electron chi connectivity index (χ3n) is 11.4. The van der Waals surface area contributed by atoms with Crippen LogP contribution in [0, 0.1) is 0 Å². The summed E-state index contributed by atoms with van der Waals surface area (Å²) in [5.74, 6) is -3.23. The number of hydrogen-bond donors (Lipinski definition) is 3. The molecule has 6 atom stereocenters. The van der Waals surface area contributed by atoms with Gasteiger partial charge in [0.2, 0.25) is 0 Å². The number of carbonyl (C=O) groups excluding carboxylic acids is 3. The summed E-state index contributed by atoms with van der Waals surface area (Å²) in [5, 5.41) is 31.3. The molecular weight excluding hydrogens is 877 g/mol. The summed E-state index contributed by atoms with van der Waals surface area (Å²) in [6.45, 7) is 5.69. The van der Waals surface area contributed by atoms with Gasteiger partial charge in [0.15, 0.2) is 24.6 Å². The van der Waals surface area contributed by atoms with Crippen molar-refractivity contribution in [3.05, 3.63) is 85.1 Å². The maximum Gasteiger partial charge on any atom is 0.335 e. The van der Waals surface area contributed by atoms with E-state index in [1.807, 2.05) is 6.08 Å². The summed E-state index contributed by atoms with van der Waals surface area (Å²) in [6, 6.07) is 0. The van der Waals surface area contributed by atoms with E-state index in [2.05, 4.69) is 99.8 Å². The average molecular weight is 969 g/mol. The lowest BCUT2D eigenvalue weighted by atomic mass is 9.98. The summed E-state index contributed by atoms with van der Waals surface area (Å²) in [5.41, 5.74) is 0. The highest BCUT2D eigenvalue weighted by atomic mass is 16.7. The number of aliphatic hydroxyl groups excluding tert-OH is 2. The lowest BCUT2D eigenvalue weighted by Crippen LogP contribution is -2.61. The minimum Gasteiger partial charge on any atom is -0.479 e. The van der Waals surface area contributed by atoms with Crippen LogP contribution < -0.4 is 0 Å². The molecule has 0 aromatic carbocycles. The number of esters is 3. The molecule has 1 aliphatic rings. The molecule has 0 aromatic rings. The molecule has 0 amide bonds. The third-order valence-corrected chi connectivity index (χ3v) is 11.4. The zero-order valence-electron chi connectivity index (χ0n) is 42.8. The SMILES string of the molecule is CC/C=C\C/C=C\C/C=C\C/C=C\C/C=C\CCCC(=O)OCC(COC1OC(C(=O)O)C(O)C(O)C1OC(=O)CCCCCCCCCCC)OC(=O)CCCCCCC/C=C\C/C=C\CCC. The zero-order chi connectivity index (χ0) is 50.4. The van der Waals surface area contributed by atoms with Crippen molar-refractivity contribution in [3.8, 4) is 0 Å². The van der Waals surface area contributed by atoms with Crippen LogP contribution in [0.1, 0.15) is 201 Å². The Morgan fingerprint density at radius 2 is 0.957 bits per heavy atom. The molecule has 69 heavy (non-hydrogen) atoms. The van der Waals surface area contributed by atoms with E-state index in [0.29, 0.717) is 25.7 Å². The van der Waals surface area contributed by atoms with Crippen molar-refractivity contribution in [2.45, 2.75) is 237 Å². The second-order valence-electron chi connectivity index (χ2n) is 17.8. The van der Waals surface area contributed by atoms with E-state index in [-0.39, 0.29) is 25.9 Å². The van der Waals surface area contributed by atoms with Crippen LogP contribution in [-0.4, -0.2) is 89.2 Å². The van der Waals surface area contributed by atoms with Crippen molar-refractivity contribution in [2.75, 3.05) is 13.2 Å². The number of hydrogen-bond acceptors (Lipinski definition) is 11. The standard InChI is InChI=1S/C57H92O12/c1-4-7-10-13-16-19-21-23-24-25-26-28-29-32-34-37-40-43-49(58)65-46-48(67-50(59)44-41-38-36-33-30-27-22-20-17-14-11-8-5-2)47-66-57-55(53(62)52(61)54(69-57)56(63)64)68-51(60)45-42-39-35-31-18-15-12-9-6-3/h7,10-11,14,16,19-20,22-24,26,28,32,34,48,52-55,57,61-62H,4-6,8-9,12-13,15,17-18,21,25,27,29-31,33,35-47H2,1-3H3,(H,63,64)/b10-7-,14-11-,19-16-,22-20-,24-23-,28-26-,34-32-. The number of ether oxygens (including phenoxy) is 5. The summed E-state index contributed by atoms with van der Waals surface area (Å²) in [7, 11) is 0. The molecule has 0 radical (unpaired) electrons. The first kappa shape index (κ1) is 62.9. The fourth-order valence-corrected chi connectivity index (χ4v) is 7.38. The first-order valence-electron chi connectivity index (χ1n) is 26.6. The Morgan fingerprint density at radius 3 is 1.49 bits per heavy atom. The van der Waals surface area contributed by atoms with Gasteiger partial charge >= 0.3 is 23.9 Å². The fraction of sp³-hybridized carbons (Fsp3) is 0.684. The van der Waals surface area contributed by atoms with Gasteiger partial charge in [-0.1, -0.05) is 183 Å².